The van der Waals surface area contributed by atoms with Crippen LogP contribution in [-0.2, 0) is 24.2 Å². The number of rotatable bonds is 3. The summed E-state index contributed by atoms with van der Waals surface area (Å²) in [5.41, 5.74) is 3.99. The minimum Gasteiger partial charge on any atom is -0.418 e. The van der Waals surface area contributed by atoms with Gasteiger partial charge >= 0.3 is 7.25 Å². The number of benzene rings is 3. The van der Waals surface area contributed by atoms with Gasteiger partial charge in [0.25, 0.3) is 0 Å². The van der Waals surface area contributed by atoms with E-state index in [-0.39, 0.29) is 19.5 Å². The maximum absolute atomic E-state index is 9.75. The Bertz CT molecular complexity index is 1360. The molecule has 1 N–H and O–H groups in total. The van der Waals surface area contributed by atoms with E-state index in [4.69, 9.17) is 10.00 Å². The van der Waals surface area contributed by atoms with Crippen molar-refractivity contribution in [2.75, 3.05) is 13.2 Å². The number of nitrogens with zero attached hydrogens (tertiary/aromatic N) is 1. The molecule has 0 atom stereocenters. The summed E-state index contributed by atoms with van der Waals surface area (Å²) in [5.74, 6) is 0. The Morgan fingerprint density at radius 1 is 0.711 bits per heavy atom. The van der Waals surface area contributed by atoms with Crippen LogP contribution in [0.4, 0.5) is 17.3 Å². The fourth-order valence-electron chi connectivity index (χ4n) is 4.56. The molecule has 4 aromatic rings. The second kappa shape index (κ2) is 23.3. The molecule has 0 bridgehead atoms. The summed E-state index contributed by atoms with van der Waals surface area (Å²) in [6.45, 7) is 5.67. The van der Waals surface area contributed by atoms with Crippen LogP contribution in [-0.4, -0.2) is 25.5 Å². The molecule has 3 aromatic carbocycles. The van der Waals surface area contributed by atoms with Crippen molar-refractivity contribution in [3.63, 3.8) is 0 Å². The monoisotopic (exact) mass is 727 g/mol. The van der Waals surface area contributed by atoms with E-state index in [1.54, 1.807) is 6.07 Å². The molecule has 1 aliphatic carbocycles. The molecule has 1 aliphatic heterocycles. The third-order valence-electron chi connectivity index (χ3n) is 6.50. The molecule has 0 spiro atoms. The van der Waals surface area contributed by atoms with Crippen molar-refractivity contribution in [1.29, 1.82) is 5.26 Å². The Hall–Kier alpha value is -3.03. The number of aromatic nitrogens is 1. The van der Waals surface area contributed by atoms with Crippen molar-refractivity contribution >= 4 is 42.1 Å². The minimum atomic E-state index is -6.00. The van der Waals surface area contributed by atoms with Gasteiger partial charge in [-0.05, 0) is 75.8 Å². The predicted octanol–water partition coefficient (Wildman–Crippen LogP) is 9.26. The summed E-state index contributed by atoms with van der Waals surface area (Å²) < 4.78 is 43.9. The number of fused-ring (bicyclic) bond motifs is 1. The summed E-state index contributed by atoms with van der Waals surface area (Å²) >= 11 is 0. The molecule has 243 valence electrons. The van der Waals surface area contributed by atoms with Gasteiger partial charge in [-0.1, -0.05) is 78.9 Å². The van der Waals surface area contributed by atoms with Gasteiger partial charge in [-0.25, -0.2) is 0 Å². The molecule has 1 radical (unpaired) electrons. The number of nitrogens with one attached hydrogen (secondary N) is 1. The maximum atomic E-state index is 9.75. The van der Waals surface area contributed by atoms with Gasteiger partial charge in [0.2, 0.25) is 0 Å². The Balaban J connectivity index is 0.000000376. The maximum Gasteiger partial charge on any atom is 0.673 e. The Labute approximate surface area is 279 Å². The Morgan fingerprint density at radius 2 is 1.09 bits per heavy atom. The molecule has 2 heterocycles. The quantitative estimate of drug-likeness (QED) is 0.0991. The van der Waals surface area contributed by atoms with Gasteiger partial charge in [-0.2, -0.15) is 5.26 Å². The molecule has 6 rings (SSSR count). The van der Waals surface area contributed by atoms with E-state index in [0.717, 1.165) is 13.2 Å². The van der Waals surface area contributed by atoms with Crippen LogP contribution < -0.4 is 16.0 Å². The predicted molar refractivity (Wildman–Crippen MR) is 181 cm³/mol. The Morgan fingerprint density at radius 3 is 1.44 bits per heavy atom. The molecule has 3 nitrogen and oxygen atoms in total. The molecule has 0 amide bonds. The fourth-order valence-corrected chi connectivity index (χ4v) is 7.30. The van der Waals surface area contributed by atoms with Crippen LogP contribution in [0.2, 0.25) is 0 Å². The summed E-state index contributed by atoms with van der Waals surface area (Å²) in [7, 11) is -7.02. The number of H-pyrrole nitrogens is 1. The van der Waals surface area contributed by atoms with Gasteiger partial charge in [0.1, 0.15) is 18.5 Å². The van der Waals surface area contributed by atoms with E-state index in [1.807, 2.05) is 0 Å². The number of allylic oxidation sites excluding steroid dienone is 4. The number of para-hydroxylation sites is 1. The van der Waals surface area contributed by atoms with Crippen LogP contribution in [0.15, 0.2) is 109 Å². The zero-order valence-electron chi connectivity index (χ0n) is 25.8. The van der Waals surface area contributed by atoms with Crippen LogP contribution in [0.1, 0.15) is 51.0 Å². The van der Waals surface area contributed by atoms with Gasteiger partial charge in [0.15, 0.2) is 5.44 Å². The van der Waals surface area contributed by atoms with E-state index >= 15 is 0 Å². The van der Waals surface area contributed by atoms with Crippen molar-refractivity contribution in [3.05, 3.63) is 115 Å². The second-order valence-corrected chi connectivity index (χ2v) is 12.3. The van der Waals surface area contributed by atoms with Crippen LogP contribution in [0.25, 0.3) is 10.9 Å². The van der Waals surface area contributed by atoms with Crippen LogP contribution in [0.3, 0.4) is 0 Å². The molecule has 0 saturated carbocycles. The first-order valence-corrected chi connectivity index (χ1v) is 16.4. The summed E-state index contributed by atoms with van der Waals surface area (Å²) in [5, 5.41) is 11.5. The third kappa shape index (κ3) is 16.7. The number of hydrogen-bond donors (Lipinski definition) is 1. The van der Waals surface area contributed by atoms with Crippen molar-refractivity contribution in [2.24, 2.45) is 0 Å². The molecule has 45 heavy (non-hydrogen) atoms. The molecule has 10 heteroatoms. The molecule has 1 saturated heterocycles. The molecule has 0 unspecified atom stereocenters. The van der Waals surface area contributed by atoms with Crippen LogP contribution >= 0.6 is 7.92 Å². The fraction of sp³-hybridized carbons (Fsp3) is 0.286. The van der Waals surface area contributed by atoms with Crippen molar-refractivity contribution < 1.29 is 41.5 Å². The van der Waals surface area contributed by atoms with Crippen molar-refractivity contribution in [2.45, 2.75) is 52.4 Å². The average Bonchev–Trinajstić information content (AvgIpc) is 3.67. The van der Waals surface area contributed by atoms with E-state index in [9.17, 15) is 17.3 Å². The normalized spacial score (nSPS) is 14.9. The minimum absolute atomic E-state index is 0. The smallest absolute Gasteiger partial charge is 0.418 e. The van der Waals surface area contributed by atoms with E-state index in [1.165, 1.54) is 78.0 Å². The van der Waals surface area contributed by atoms with E-state index in [0.29, 0.717) is 0 Å². The molecular weight excluding hydrogens is 685 g/mol. The molecule has 1 fully saturated rings. The van der Waals surface area contributed by atoms with Gasteiger partial charge in [-0.15, -0.1) is 0 Å². The van der Waals surface area contributed by atoms with Gasteiger partial charge < -0.3 is 27.0 Å². The number of nitriles is 1. The molecule has 1 aromatic heterocycles. The molecule has 2 aliphatic rings. The molecular formula is C35H42BF4N2OPRh. The number of halogens is 4. The topological polar surface area (TPSA) is 48.8 Å². The zero-order chi connectivity index (χ0) is 32.0. The summed E-state index contributed by atoms with van der Waals surface area (Å²) in [4.78, 5) is 3.71. The van der Waals surface area contributed by atoms with Crippen LogP contribution in [0.5, 0.6) is 0 Å². The van der Waals surface area contributed by atoms with E-state index < -0.39 is 15.2 Å². The summed E-state index contributed by atoms with van der Waals surface area (Å²) in [6, 6.07) is 32.1. The van der Waals surface area contributed by atoms with Gasteiger partial charge in [-0.3, -0.25) is 0 Å². The second-order valence-electron chi connectivity index (χ2n) is 9.91. The first-order chi connectivity index (χ1) is 21.3. The van der Waals surface area contributed by atoms with E-state index in [2.05, 4.69) is 121 Å². The zero-order valence-corrected chi connectivity index (χ0v) is 28.5. The largest absolute Gasteiger partial charge is 0.673 e. The number of aryl methyl sites for hydroxylation is 1. The van der Waals surface area contributed by atoms with Gasteiger partial charge in [0.05, 0.1) is 6.07 Å². The van der Waals surface area contributed by atoms with Gasteiger partial charge in [0, 0.05) is 56.1 Å². The first kappa shape index (κ1) is 40.0. The average molecular weight is 727 g/mol. The third-order valence-corrected chi connectivity index (χ3v) is 9.32. The number of aromatic amines is 1. The Kier molecular flexibility index (Phi) is 20.7. The van der Waals surface area contributed by atoms with Crippen molar-refractivity contribution in [1.82, 2.24) is 4.98 Å². The van der Waals surface area contributed by atoms with Crippen LogP contribution in [0, 0.1) is 18.3 Å². The number of hydrogen-bond acceptors (Lipinski definition) is 2. The number of ether oxygens (including phenoxy) is 1. The van der Waals surface area contributed by atoms with Crippen molar-refractivity contribution in [3.8, 4) is 6.07 Å². The summed E-state index contributed by atoms with van der Waals surface area (Å²) in [6.07, 6.45) is 16.6. The first-order valence-electron chi connectivity index (χ1n) is 14.9. The standard InChI is InChI=1S/C21H18NP.C8H12.C4H8O.C2H3N.BF4.Rh/c1-16-19-14-8-9-15-20(19)22-21(16)23(17-10-4-2-5-11-17)18-12-6-3-7-13-18;1-2-4-6-8-7-5-3-1;1-2-4-5-3-1;1-2-3;2-1(3,4)5;/h2-15,22H,1H3;1-2,7-8H,3-6H2;1-4H2;1H3;;/q;;;;-1;/p+1/b;2-1-,8-7-;;;;. The SMILES string of the molecule is C1=C\CC/C=C\CC/1.C1CCOC1.CC#N.Cc1c([PH+](c2ccccc2)c2ccccc2)[nH]c2ccccc12.F[B-](F)(F)F.[Rh].